The first kappa shape index (κ1) is 13.6. The predicted molar refractivity (Wildman–Crippen MR) is 56.4 cm³/mol. The van der Waals surface area contributed by atoms with Gasteiger partial charge in [0.1, 0.15) is 0 Å². The summed E-state index contributed by atoms with van der Waals surface area (Å²) in [5.74, 6) is 2.85. The van der Waals surface area contributed by atoms with Gasteiger partial charge >= 0.3 is 22.4 Å². The summed E-state index contributed by atoms with van der Waals surface area (Å²) in [6, 6.07) is 0. The largest absolute Gasteiger partial charge is 1.00 e. The molecular formula is C13H15AuO2. The van der Waals surface area contributed by atoms with Gasteiger partial charge in [0, 0.05) is 6.42 Å². The number of hydrogen-bond donors (Lipinski definition) is 0. The van der Waals surface area contributed by atoms with Gasteiger partial charge < -0.3 is 10.8 Å². The van der Waals surface area contributed by atoms with Crippen LogP contribution in [0.3, 0.4) is 0 Å². The van der Waals surface area contributed by atoms with Gasteiger partial charge in [0.15, 0.2) is 0 Å². The molecule has 3 heteroatoms. The number of cyclic esters (lactones) is 1. The topological polar surface area (TPSA) is 26.3 Å². The van der Waals surface area contributed by atoms with Gasteiger partial charge in [0.25, 0.3) is 5.97 Å². The van der Waals surface area contributed by atoms with E-state index in [4.69, 9.17) is 11.2 Å². The number of carbonyl (C=O) groups excluding carboxylic acids is 1. The van der Waals surface area contributed by atoms with E-state index in [2.05, 4.69) is 12.0 Å². The van der Waals surface area contributed by atoms with Crippen molar-refractivity contribution in [3.8, 4) is 12.3 Å². The molecule has 0 bridgehead atoms. The fraction of sp³-hybridized carbons (Fsp3) is 0.615. The van der Waals surface area contributed by atoms with Crippen LogP contribution >= 0.6 is 0 Å². The van der Waals surface area contributed by atoms with Gasteiger partial charge in [0.2, 0.25) is 0 Å². The molecule has 1 saturated carbocycles. The third-order valence-corrected chi connectivity index (χ3v) is 3.55. The predicted octanol–water partition coefficient (Wildman–Crippen LogP) is 2.45. The Balaban J connectivity index is 0.00000128. The van der Waals surface area contributed by atoms with Crippen molar-refractivity contribution in [3.05, 3.63) is 12.3 Å². The van der Waals surface area contributed by atoms with Crippen LogP contribution in [0.2, 0.25) is 0 Å². The standard InChI is InChI=1S/C13H15O2.Au/c1-2-3-6-11-7-4-5-8-13(11)9-10-15-12(13)14;/h1,10-11H,3-8H2;/q-1;+1/t11-,13-;/m0./s1. The number of hydrogen-bond acceptors (Lipinski definition) is 2. The molecule has 1 heterocycles. The van der Waals surface area contributed by atoms with Crippen molar-refractivity contribution in [1.29, 1.82) is 0 Å². The molecule has 0 unspecified atom stereocenters. The Bertz CT molecular complexity index is 329. The molecule has 0 aromatic rings. The smallest absolute Gasteiger partial charge is 0.474 e. The number of esters is 1. The van der Waals surface area contributed by atoms with Crippen molar-refractivity contribution in [2.45, 2.75) is 38.5 Å². The Morgan fingerprint density at radius 3 is 3.06 bits per heavy atom. The average molecular weight is 400 g/mol. The quantitative estimate of drug-likeness (QED) is 0.308. The van der Waals surface area contributed by atoms with Crippen molar-refractivity contribution in [1.82, 2.24) is 0 Å². The Kier molecular flexibility index (Phi) is 4.86. The van der Waals surface area contributed by atoms with Crippen molar-refractivity contribution < 1.29 is 31.9 Å². The molecule has 2 aliphatic rings. The maximum absolute atomic E-state index is 11.8. The summed E-state index contributed by atoms with van der Waals surface area (Å²) in [6.07, 6.45) is 15.7. The zero-order chi connectivity index (χ0) is 10.7. The third-order valence-electron chi connectivity index (χ3n) is 3.55. The van der Waals surface area contributed by atoms with Gasteiger partial charge in [-0.25, -0.2) is 0 Å². The monoisotopic (exact) mass is 400 g/mol. The molecule has 1 aliphatic heterocycles. The Hall–Kier alpha value is -0.490. The Labute approximate surface area is 112 Å². The van der Waals surface area contributed by atoms with E-state index >= 15 is 0 Å². The minimum Gasteiger partial charge on any atom is -0.474 e. The number of rotatable bonds is 2. The molecule has 2 rings (SSSR count). The van der Waals surface area contributed by atoms with Gasteiger partial charge in [-0.15, -0.1) is 12.3 Å². The fourth-order valence-corrected chi connectivity index (χ4v) is 2.70. The Morgan fingerprint density at radius 1 is 1.62 bits per heavy atom. The van der Waals surface area contributed by atoms with Crippen LogP contribution in [0.1, 0.15) is 38.5 Å². The second-order valence-electron chi connectivity index (χ2n) is 4.32. The van der Waals surface area contributed by atoms with Gasteiger partial charge in [-0.05, 0) is 6.42 Å². The summed E-state index contributed by atoms with van der Waals surface area (Å²) < 4.78 is 4.93. The summed E-state index contributed by atoms with van der Waals surface area (Å²) >= 11 is 0. The van der Waals surface area contributed by atoms with E-state index in [0.29, 0.717) is 5.92 Å². The van der Waals surface area contributed by atoms with Crippen LogP contribution in [0.25, 0.3) is 0 Å². The molecule has 1 spiro atoms. The molecule has 0 amide bonds. The summed E-state index contributed by atoms with van der Waals surface area (Å²) in [5, 5.41) is 0. The van der Waals surface area contributed by atoms with Crippen LogP contribution in [0.15, 0.2) is 6.26 Å². The van der Waals surface area contributed by atoms with Crippen molar-refractivity contribution in [2.75, 3.05) is 0 Å². The van der Waals surface area contributed by atoms with E-state index in [1.165, 1.54) is 12.7 Å². The second kappa shape index (κ2) is 5.72. The molecule has 0 aromatic carbocycles. The molecule has 2 nitrogen and oxygen atoms in total. The molecular weight excluding hydrogens is 385 g/mol. The molecule has 16 heavy (non-hydrogen) atoms. The normalized spacial score (nSPS) is 31.9. The van der Waals surface area contributed by atoms with E-state index in [9.17, 15) is 4.79 Å². The van der Waals surface area contributed by atoms with Crippen LogP contribution < -0.4 is 0 Å². The first-order valence-corrected chi connectivity index (χ1v) is 5.53. The van der Waals surface area contributed by atoms with Gasteiger partial charge in [-0.1, -0.05) is 43.3 Å². The van der Waals surface area contributed by atoms with E-state index in [-0.39, 0.29) is 28.3 Å². The SMILES string of the molecule is C#CCC[C@H]1CCCC[C@]12[C-]=COC2=O.[Au+]. The van der Waals surface area contributed by atoms with Crippen molar-refractivity contribution in [2.24, 2.45) is 11.3 Å². The van der Waals surface area contributed by atoms with E-state index in [1.54, 1.807) is 0 Å². The zero-order valence-electron chi connectivity index (χ0n) is 9.09. The molecule has 2 atom stereocenters. The van der Waals surface area contributed by atoms with Crippen molar-refractivity contribution in [3.63, 3.8) is 0 Å². The second-order valence-corrected chi connectivity index (χ2v) is 4.32. The van der Waals surface area contributed by atoms with Gasteiger partial charge in [0.05, 0.1) is 0 Å². The van der Waals surface area contributed by atoms with E-state index < -0.39 is 5.41 Å². The third kappa shape index (κ3) is 2.27. The summed E-state index contributed by atoms with van der Waals surface area (Å²) in [6.45, 7) is 0. The number of carbonyl (C=O) groups is 1. The first-order valence-electron chi connectivity index (χ1n) is 5.53. The minimum atomic E-state index is -0.463. The molecule has 0 N–H and O–H groups in total. The molecule has 1 aliphatic carbocycles. The fourth-order valence-electron chi connectivity index (χ4n) is 2.70. The average Bonchev–Trinajstić information content (AvgIpc) is 2.60. The molecule has 0 aromatic heterocycles. The van der Waals surface area contributed by atoms with Crippen LogP contribution in [0, 0.1) is 29.8 Å². The van der Waals surface area contributed by atoms with E-state index in [0.717, 1.165) is 32.1 Å². The summed E-state index contributed by atoms with van der Waals surface area (Å²) in [7, 11) is 0. The summed E-state index contributed by atoms with van der Waals surface area (Å²) in [5.41, 5.74) is -0.463. The first-order chi connectivity index (χ1) is 7.29. The molecule has 0 radical (unpaired) electrons. The summed E-state index contributed by atoms with van der Waals surface area (Å²) in [4.78, 5) is 11.8. The molecule has 90 valence electrons. The molecule has 1 fully saturated rings. The van der Waals surface area contributed by atoms with Crippen LogP contribution in [0.4, 0.5) is 0 Å². The number of ether oxygens (including phenoxy) is 1. The maximum Gasteiger partial charge on any atom is 1.00 e. The minimum absolute atomic E-state index is 0. The zero-order valence-corrected chi connectivity index (χ0v) is 11.3. The van der Waals surface area contributed by atoms with Gasteiger partial charge in [-0.2, -0.15) is 0 Å². The van der Waals surface area contributed by atoms with Gasteiger partial charge in [-0.3, -0.25) is 4.79 Å². The van der Waals surface area contributed by atoms with Crippen molar-refractivity contribution >= 4 is 5.97 Å². The van der Waals surface area contributed by atoms with E-state index in [1.807, 2.05) is 0 Å². The van der Waals surface area contributed by atoms with Crippen LogP contribution in [-0.4, -0.2) is 5.97 Å². The molecule has 0 saturated heterocycles. The van der Waals surface area contributed by atoms with Crippen LogP contribution in [-0.2, 0) is 31.9 Å². The van der Waals surface area contributed by atoms with Crippen LogP contribution in [0.5, 0.6) is 0 Å². The Morgan fingerprint density at radius 2 is 2.44 bits per heavy atom. The number of terminal acetylenes is 1. The maximum atomic E-state index is 11.8.